The fourth-order valence-electron chi connectivity index (χ4n) is 5.21. The van der Waals surface area contributed by atoms with E-state index >= 15 is 0 Å². The van der Waals surface area contributed by atoms with E-state index in [1.165, 1.54) is 12.1 Å². The number of carbonyl (C=O) groups excluding carboxylic acids is 1. The lowest BCUT2D eigenvalue weighted by Crippen LogP contribution is -2.53. The number of carboxylic acid groups (broad SMARTS) is 1. The van der Waals surface area contributed by atoms with Gasteiger partial charge in [-0.1, -0.05) is 20.8 Å². The summed E-state index contributed by atoms with van der Waals surface area (Å²) in [5.74, 6) is -1.02. The third kappa shape index (κ3) is 5.15. The number of aromatic carboxylic acids is 1. The number of hydrogen-bond acceptors (Lipinski definition) is 5. The van der Waals surface area contributed by atoms with Crippen molar-refractivity contribution in [3.8, 4) is 0 Å². The summed E-state index contributed by atoms with van der Waals surface area (Å²) in [7, 11) is 0. The molecule has 32 heavy (non-hydrogen) atoms. The minimum Gasteiger partial charge on any atom is -0.478 e. The van der Waals surface area contributed by atoms with Crippen molar-refractivity contribution in [1.82, 2.24) is 4.90 Å². The van der Waals surface area contributed by atoms with Gasteiger partial charge < -0.3 is 14.7 Å². The molecule has 1 aliphatic carbocycles. The van der Waals surface area contributed by atoms with Crippen molar-refractivity contribution in [2.75, 3.05) is 37.7 Å². The predicted molar refractivity (Wildman–Crippen MR) is 123 cm³/mol. The number of halogens is 1. The lowest BCUT2D eigenvalue weighted by molar-refractivity contribution is -0.160. The molecular formula is C25H37FN2O4. The second-order valence-corrected chi connectivity index (χ2v) is 9.24. The molecule has 4 rings (SSSR count). The second kappa shape index (κ2) is 10.3. The Kier molecular flexibility index (Phi) is 7.93. The molecule has 3 aliphatic rings. The Hall–Kier alpha value is -1.99. The van der Waals surface area contributed by atoms with Crippen LogP contribution in [0.5, 0.6) is 0 Å². The highest BCUT2D eigenvalue weighted by atomic mass is 19.1. The summed E-state index contributed by atoms with van der Waals surface area (Å²) in [4.78, 5) is 28.2. The Bertz CT molecular complexity index is 818. The molecule has 3 atom stereocenters. The number of hydrogen-bond donors (Lipinski definition) is 1. The average Bonchev–Trinajstić information content (AvgIpc) is 3.63. The van der Waals surface area contributed by atoms with Gasteiger partial charge in [-0.25, -0.2) is 9.18 Å². The Labute approximate surface area is 190 Å². The average molecular weight is 449 g/mol. The van der Waals surface area contributed by atoms with E-state index in [2.05, 4.69) is 16.7 Å². The van der Waals surface area contributed by atoms with Crippen molar-refractivity contribution in [3.05, 3.63) is 29.6 Å². The zero-order valence-electron chi connectivity index (χ0n) is 19.8. The maximum Gasteiger partial charge on any atom is 0.338 e. The van der Waals surface area contributed by atoms with Gasteiger partial charge in [0.1, 0.15) is 11.4 Å². The molecule has 0 aromatic heterocycles. The molecule has 3 unspecified atom stereocenters. The van der Waals surface area contributed by atoms with Crippen LogP contribution in [0.1, 0.15) is 63.7 Å². The molecule has 0 bridgehead atoms. The second-order valence-electron chi connectivity index (χ2n) is 9.24. The first-order valence-electron chi connectivity index (χ1n) is 12.0. The molecule has 6 nitrogen and oxygen atoms in total. The zero-order valence-corrected chi connectivity index (χ0v) is 19.8. The van der Waals surface area contributed by atoms with E-state index in [9.17, 15) is 19.1 Å². The van der Waals surface area contributed by atoms with Crippen molar-refractivity contribution >= 4 is 17.4 Å². The number of carbonyl (C=O) groups is 2. The molecule has 178 valence electrons. The first-order chi connectivity index (χ1) is 15.3. The Morgan fingerprint density at radius 3 is 2.44 bits per heavy atom. The SMILES string of the molecule is CC.CC(=O)C1(C2CC2)CCC(N2CCN(c3ccc(F)c(C(=O)O)c3)CC(C)C2)CO1. The van der Waals surface area contributed by atoms with Gasteiger partial charge in [0.2, 0.25) is 0 Å². The summed E-state index contributed by atoms with van der Waals surface area (Å²) in [5, 5.41) is 9.23. The summed E-state index contributed by atoms with van der Waals surface area (Å²) < 4.78 is 20.0. The summed E-state index contributed by atoms with van der Waals surface area (Å²) in [6, 6.07) is 4.62. The summed E-state index contributed by atoms with van der Waals surface area (Å²) in [5.41, 5.74) is -0.101. The number of anilines is 1. The van der Waals surface area contributed by atoms with Crippen LogP contribution in [-0.4, -0.2) is 66.2 Å². The molecule has 2 heterocycles. The molecule has 0 radical (unpaired) electrons. The van der Waals surface area contributed by atoms with Gasteiger partial charge in [0, 0.05) is 37.9 Å². The molecule has 0 spiro atoms. The van der Waals surface area contributed by atoms with Gasteiger partial charge in [0.25, 0.3) is 0 Å². The molecule has 1 saturated carbocycles. The molecule has 1 N–H and O–H groups in total. The topological polar surface area (TPSA) is 70.1 Å². The normalized spacial score (nSPS) is 29.0. The van der Waals surface area contributed by atoms with Gasteiger partial charge in [-0.2, -0.15) is 0 Å². The van der Waals surface area contributed by atoms with Gasteiger partial charge in [-0.05, 0) is 62.6 Å². The number of rotatable bonds is 5. The number of benzene rings is 1. The van der Waals surface area contributed by atoms with Crippen LogP contribution < -0.4 is 4.90 Å². The largest absolute Gasteiger partial charge is 0.478 e. The molecule has 2 aliphatic heterocycles. The van der Waals surface area contributed by atoms with Crippen molar-refractivity contribution < 1.29 is 23.8 Å². The number of Topliss-reactive ketones (excluding diaryl/α,β-unsaturated/α-hetero) is 1. The van der Waals surface area contributed by atoms with Gasteiger partial charge in [0.15, 0.2) is 5.78 Å². The van der Waals surface area contributed by atoms with Crippen LogP contribution in [0.25, 0.3) is 0 Å². The van der Waals surface area contributed by atoms with Crippen LogP contribution in [0.4, 0.5) is 10.1 Å². The first-order valence-corrected chi connectivity index (χ1v) is 12.0. The molecule has 1 aromatic rings. The van der Waals surface area contributed by atoms with E-state index in [4.69, 9.17) is 4.74 Å². The lowest BCUT2D eigenvalue weighted by atomic mass is 9.84. The standard InChI is InChI=1S/C23H31FN2O4.C2H6/c1-15-12-25(18-5-6-21(24)20(11-18)22(28)29)9-10-26(13-15)19-7-8-23(16(2)27,30-14-19)17-3-4-17;1-2/h5-6,11,15,17,19H,3-4,7-10,12-14H2,1-2H3,(H,28,29);1-2H3. The van der Waals surface area contributed by atoms with E-state index in [1.807, 2.05) is 13.8 Å². The monoisotopic (exact) mass is 448 g/mol. The van der Waals surface area contributed by atoms with Crippen LogP contribution in [0.15, 0.2) is 18.2 Å². The van der Waals surface area contributed by atoms with Crippen molar-refractivity contribution in [2.24, 2.45) is 11.8 Å². The zero-order chi connectivity index (χ0) is 23.5. The third-order valence-electron chi connectivity index (χ3n) is 7.01. The molecule has 7 heteroatoms. The molecular weight excluding hydrogens is 411 g/mol. The highest BCUT2D eigenvalue weighted by Crippen LogP contribution is 2.47. The van der Waals surface area contributed by atoms with Crippen LogP contribution >= 0.6 is 0 Å². The fraction of sp³-hybridized carbons (Fsp3) is 0.680. The number of ether oxygens (including phenoxy) is 1. The lowest BCUT2D eigenvalue weighted by Gasteiger charge is -2.42. The van der Waals surface area contributed by atoms with Crippen LogP contribution in [0.2, 0.25) is 0 Å². The van der Waals surface area contributed by atoms with Crippen LogP contribution in [0, 0.1) is 17.7 Å². The fourth-order valence-corrected chi connectivity index (χ4v) is 5.21. The van der Waals surface area contributed by atoms with E-state index in [-0.39, 0.29) is 11.3 Å². The molecule has 1 aromatic carbocycles. The van der Waals surface area contributed by atoms with Crippen molar-refractivity contribution in [2.45, 2.75) is 65.0 Å². The van der Waals surface area contributed by atoms with Gasteiger partial charge in [-0.15, -0.1) is 0 Å². The minimum absolute atomic E-state index is 0.171. The van der Waals surface area contributed by atoms with Crippen LogP contribution in [-0.2, 0) is 9.53 Å². The van der Waals surface area contributed by atoms with Crippen molar-refractivity contribution in [3.63, 3.8) is 0 Å². The maximum atomic E-state index is 13.8. The first kappa shape index (κ1) is 24.6. The number of nitrogens with zero attached hydrogens (tertiary/aromatic N) is 2. The van der Waals surface area contributed by atoms with E-state index in [0.29, 0.717) is 24.5 Å². The van der Waals surface area contributed by atoms with Gasteiger partial charge in [-0.3, -0.25) is 9.69 Å². The smallest absolute Gasteiger partial charge is 0.338 e. The third-order valence-corrected chi connectivity index (χ3v) is 7.01. The number of ketones is 1. The van der Waals surface area contributed by atoms with Crippen LogP contribution in [0.3, 0.4) is 0 Å². The van der Waals surface area contributed by atoms with E-state index < -0.39 is 17.4 Å². The Balaban J connectivity index is 0.00000141. The van der Waals surface area contributed by atoms with Crippen molar-refractivity contribution in [1.29, 1.82) is 0 Å². The van der Waals surface area contributed by atoms with E-state index in [0.717, 1.165) is 57.5 Å². The van der Waals surface area contributed by atoms with E-state index in [1.54, 1.807) is 13.0 Å². The van der Waals surface area contributed by atoms with Gasteiger partial charge in [0.05, 0.1) is 12.2 Å². The molecule has 0 amide bonds. The van der Waals surface area contributed by atoms with Gasteiger partial charge >= 0.3 is 5.97 Å². The molecule has 3 fully saturated rings. The predicted octanol–water partition coefficient (Wildman–Crippen LogP) is 4.23. The number of carboxylic acids is 1. The molecule has 2 saturated heterocycles. The summed E-state index contributed by atoms with van der Waals surface area (Å²) in [6.07, 6.45) is 3.95. The minimum atomic E-state index is -1.25. The quantitative estimate of drug-likeness (QED) is 0.727. The Morgan fingerprint density at radius 1 is 1.16 bits per heavy atom. The Morgan fingerprint density at radius 2 is 1.88 bits per heavy atom. The maximum absolute atomic E-state index is 13.8. The summed E-state index contributed by atoms with van der Waals surface area (Å²) in [6.45, 7) is 11.7. The summed E-state index contributed by atoms with van der Waals surface area (Å²) >= 11 is 0. The highest BCUT2D eigenvalue weighted by molar-refractivity contribution is 5.89. The highest BCUT2D eigenvalue weighted by Gasteiger charge is 2.52.